The zero-order valence-electron chi connectivity index (χ0n) is 24.9. The van der Waals surface area contributed by atoms with Gasteiger partial charge in [-0.2, -0.15) is 0 Å². The molecule has 0 aliphatic carbocycles. The fourth-order valence-electron chi connectivity index (χ4n) is 3.48. The second kappa shape index (κ2) is 21.0. The Morgan fingerprint density at radius 1 is 1.15 bits per heavy atom. The summed E-state index contributed by atoms with van der Waals surface area (Å²) in [5.41, 5.74) is 0.512. The maximum atomic E-state index is 12.3. The Balaban J connectivity index is -0.000000272. The predicted octanol–water partition coefficient (Wildman–Crippen LogP) is 4.21. The molecule has 1 rings (SSSR count). The van der Waals surface area contributed by atoms with Gasteiger partial charge < -0.3 is 31.6 Å². The molecular weight excluding hydrogens is 727 g/mol. The van der Waals surface area contributed by atoms with Crippen molar-refractivity contribution in [3.8, 4) is 0 Å². The van der Waals surface area contributed by atoms with Crippen molar-refractivity contribution < 1.29 is 52.8 Å². The molecule has 3 N–H and O–H groups in total. The average Bonchev–Trinajstić information content (AvgIpc) is 3.22. The van der Waals surface area contributed by atoms with E-state index in [1.807, 2.05) is 4.72 Å². The third kappa shape index (κ3) is 16.0. The molecule has 14 heteroatoms. The van der Waals surface area contributed by atoms with Crippen LogP contribution in [-0.2, 0) is 54.4 Å². The summed E-state index contributed by atoms with van der Waals surface area (Å²) in [6.07, 6.45) is 1.82. The van der Waals surface area contributed by atoms with Crippen molar-refractivity contribution in [2.45, 2.75) is 73.6 Å². The van der Waals surface area contributed by atoms with Gasteiger partial charge in [-0.15, -0.1) is 0 Å². The summed E-state index contributed by atoms with van der Waals surface area (Å²) in [5.74, 6) is 0.101. The number of sulfonamides is 1. The van der Waals surface area contributed by atoms with Crippen LogP contribution in [0, 0.1) is 19.3 Å². The maximum Gasteiger partial charge on any atom is 0.294 e. The average molecular weight is 786 g/mol. The number of hydrogen-bond acceptors (Lipinski definition) is 9. The first kappa shape index (κ1) is 49.0. The summed E-state index contributed by atoms with van der Waals surface area (Å²) in [4.78, 5) is 14.5. The van der Waals surface area contributed by atoms with Gasteiger partial charge in [0.25, 0.3) is 13.4 Å². The number of amides is 1. The minimum Gasteiger partial charge on any atom is -0.380 e. The van der Waals surface area contributed by atoms with E-state index in [2.05, 4.69) is 58.5 Å². The number of likely N-dealkylation sites (tertiary alicyclic amines) is 1. The minimum atomic E-state index is -3.63. The van der Waals surface area contributed by atoms with Crippen molar-refractivity contribution in [2.75, 3.05) is 47.5 Å². The van der Waals surface area contributed by atoms with Gasteiger partial charge in [0, 0.05) is 66.8 Å². The van der Waals surface area contributed by atoms with Crippen molar-refractivity contribution in [1.29, 1.82) is 0 Å². The molecule has 4 atom stereocenters. The fourth-order valence-corrected chi connectivity index (χ4v) is 4.83. The second-order valence-corrected chi connectivity index (χ2v) is 13.9. The molecule has 0 radical (unpaired) electrons. The van der Waals surface area contributed by atoms with Crippen LogP contribution in [0.25, 0.3) is 0 Å². The second-order valence-electron chi connectivity index (χ2n) is 9.76. The van der Waals surface area contributed by atoms with E-state index >= 15 is 0 Å². The number of nitrogens with one attached hydrogen (secondary N) is 3. The number of carbonyl (C=O) groups is 1. The standard InChI is InChI=1S/C19H35N3O4S.C4H12NO3P.2CH4.CH3.W/c1-12(2)13(3)15(5)22-11-16(26-8)10-17(22)14(4)20-19(6,7)18(23)21-27(9,24)25;1-5-9(6,8-3)4-7-2;;;;/h12-13,16-17,20H,4-5,10-11H2,1-3,6-9H3,(H,21,23);4H2,1-3H3,(H,5,6);2*1H4;1H3;/q;;;;-1;. The Morgan fingerprint density at radius 3 is 1.98 bits per heavy atom. The number of ether oxygens (including phenoxy) is 2. The molecule has 1 fully saturated rings. The molecule has 1 aliphatic heterocycles. The van der Waals surface area contributed by atoms with Gasteiger partial charge in [0.2, 0.25) is 10.0 Å². The Kier molecular flexibility index (Phi) is 25.7. The third-order valence-corrected chi connectivity index (χ3v) is 8.57. The number of rotatable bonds is 13. The Bertz CT molecular complexity index is 909. The summed E-state index contributed by atoms with van der Waals surface area (Å²) in [7, 11) is -0.173. The maximum absolute atomic E-state index is 12.3. The fraction of sp³-hybridized carbons (Fsp3) is 0.769. The van der Waals surface area contributed by atoms with E-state index in [1.54, 1.807) is 28.0 Å². The quantitative estimate of drug-likeness (QED) is 0.184. The molecule has 1 heterocycles. The molecule has 4 unspecified atom stereocenters. The number of hydrogen-bond donors (Lipinski definition) is 3. The molecule has 0 bridgehead atoms. The number of nitrogens with zero attached hydrogens (tertiary/aromatic N) is 1. The molecule has 1 amide bonds. The summed E-state index contributed by atoms with van der Waals surface area (Å²) in [6, 6.07) is -0.0889. The molecule has 242 valence electrons. The normalized spacial score (nSPS) is 18.6. The first-order valence-electron chi connectivity index (χ1n) is 11.7. The van der Waals surface area contributed by atoms with E-state index in [4.69, 9.17) is 4.74 Å². The van der Waals surface area contributed by atoms with Crippen LogP contribution in [0.15, 0.2) is 24.6 Å². The van der Waals surface area contributed by atoms with Gasteiger partial charge in [0.15, 0.2) is 0 Å². The van der Waals surface area contributed by atoms with Crippen molar-refractivity contribution in [1.82, 2.24) is 20.0 Å². The zero-order valence-corrected chi connectivity index (χ0v) is 29.6. The van der Waals surface area contributed by atoms with Crippen LogP contribution >= 0.6 is 7.52 Å². The summed E-state index contributed by atoms with van der Waals surface area (Å²) < 4.78 is 50.7. The van der Waals surface area contributed by atoms with Crippen LogP contribution < -0.4 is 15.1 Å². The van der Waals surface area contributed by atoms with Crippen molar-refractivity contribution in [3.05, 3.63) is 32.0 Å². The first-order valence-corrected chi connectivity index (χ1v) is 15.4. The van der Waals surface area contributed by atoms with Crippen LogP contribution in [0.1, 0.15) is 55.9 Å². The smallest absolute Gasteiger partial charge is 0.294 e. The molecular formula is C26H58N4O7PSW-. The van der Waals surface area contributed by atoms with Gasteiger partial charge in [-0.1, -0.05) is 48.8 Å². The van der Waals surface area contributed by atoms with E-state index in [1.165, 1.54) is 14.2 Å². The predicted molar refractivity (Wildman–Crippen MR) is 164 cm³/mol. The number of allylic oxidation sites excluding steroid dienone is 1. The first-order chi connectivity index (χ1) is 16.4. The third-order valence-electron chi connectivity index (χ3n) is 6.15. The van der Waals surface area contributed by atoms with E-state index in [-0.39, 0.29) is 67.8 Å². The molecule has 40 heavy (non-hydrogen) atoms. The Morgan fingerprint density at radius 2 is 1.65 bits per heavy atom. The van der Waals surface area contributed by atoms with Crippen LogP contribution in [0.5, 0.6) is 0 Å². The monoisotopic (exact) mass is 785 g/mol. The molecule has 0 aromatic heterocycles. The van der Waals surface area contributed by atoms with Gasteiger partial charge in [-0.25, -0.2) is 13.5 Å². The summed E-state index contributed by atoms with van der Waals surface area (Å²) in [6.45, 7) is 18.8. The van der Waals surface area contributed by atoms with E-state index < -0.39 is 29.0 Å². The number of carbonyl (C=O) groups excluding carboxylic acids is 1. The van der Waals surface area contributed by atoms with Gasteiger partial charge in [0.05, 0.1) is 18.4 Å². The molecule has 1 aliphatic rings. The van der Waals surface area contributed by atoms with Gasteiger partial charge in [-0.05, 0) is 32.7 Å². The Labute approximate surface area is 260 Å². The van der Waals surface area contributed by atoms with Crippen molar-refractivity contribution >= 4 is 23.5 Å². The molecule has 0 saturated carbocycles. The van der Waals surface area contributed by atoms with Crippen LogP contribution in [0.2, 0.25) is 0 Å². The van der Waals surface area contributed by atoms with Gasteiger partial charge in [-0.3, -0.25) is 14.1 Å². The summed E-state index contributed by atoms with van der Waals surface area (Å²) >= 11 is 0. The van der Waals surface area contributed by atoms with Gasteiger partial charge in [0.1, 0.15) is 11.9 Å². The van der Waals surface area contributed by atoms with Crippen molar-refractivity contribution in [2.24, 2.45) is 11.8 Å². The van der Waals surface area contributed by atoms with E-state index in [0.29, 0.717) is 18.2 Å². The largest absolute Gasteiger partial charge is 0.380 e. The van der Waals surface area contributed by atoms with Crippen LogP contribution in [0.3, 0.4) is 0 Å². The number of methoxy groups -OCH3 is 2. The molecule has 11 nitrogen and oxygen atoms in total. The zero-order chi connectivity index (χ0) is 28.5. The van der Waals surface area contributed by atoms with Crippen LogP contribution in [-0.4, -0.2) is 84.4 Å². The summed E-state index contributed by atoms with van der Waals surface area (Å²) in [5, 5.41) is 5.65. The SMILES string of the molecule is C.C.C=C(NC(C)(C)C(=O)NS(C)(=O)=O)C1CC(OC)CN1C(=C)C(C)C(C)C.CNP(=O)(COC)OC.[CH3-].[W]. The Hall–Kier alpha value is -0.742. The van der Waals surface area contributed by atoms with E-state index in [9.17, 15) is 17.8 Å². The van der Waals surface area contributed by atoms with E-state index in [0.717, 1.165) is 18.4 Å². The molecule has 1 saturated heterocycles. The van der Waals surface area contributed by atoms with Crippen molar-refractivity contribution in [3.63, 3.8) is 0 Å². The molecule has 0 aromatic rings. The van der Waals surface area contributed by atoms with Gasteiger partial charge >= 0.3 is 0 Å². The minimum absolute atomic E-state index is 0. The van der Waals surface area contributed by atoms with Crippen LogP contribution in [0.4, 0.5) is 0 Å². The molecule has 0 spiro atoms. The molecule has 0 aromatic carbocycles. The topological polar surface area (TPSA) is 135 Å².